The molecule has 23 heavy (non-hydrogen) atoms. The molecule has 7 heteroatoms. The van der Waals surface area contributed by atoms with Crippen LogP contribution in [0.15, 0.2) is 29.4 Å². The van der Waals surface area contributed by atoms with Crippen molar-refractivity contribution >= 4 is 23.0 Å². The molecule has 0 aliphatic carbocycles. The van der Waals surface area contributed by atoms with Crippen LogP contribution >= 0.6 is 11.3 Å². The number of rotatable bonds is 6. The van der Waals surface area contributed by atoms with E-state index >= 15 is 0 Å². The van der Waals surface area contributed by atoms with E-state index in [0.29, 0.717) is 24.0 Å². The van der Waals surface area contributed by atoms with Gasteiger partial charge in [0, 0.05) is 28.7 Å². The van der Waals surface area contributed by atoms with Gasteiger partial charge in [-0.2, -0.15) is 0 Å². The highest BCUT2D eigenvalue weighted by Crippen LogP contribution is 2.29. The number of nitrogens with one attached hydrogen (secondary N) is 1. The van der Waals surface area contributed by atoms with Crippen molar-refractivity contribution in [3.05, 3.63) is 34.3 Å². The first kappa shape index (κ1) is 17.1. The van der Waals surface area contributed by atoms with Crippen molar-refractivity contribution in [3.8, 4) is 11.5 Å². The van der Waals surface area contributed by atoms with Gasteiger partial charge in [0.25, 0.3) is 0 Å². The van der Waals surface area contributed by atoms with Crippen LogP contribution in [0.25, 0.3) is 0 Å². The van der Waals surface area contributed by atoms with Gasteiger partial charge in [-0.1, -0.05) is 6.92 Å². The number of ether oxygens (including phenoxy) is 2. The molecule has 0 fully saturated rings. The van der Waals surface area contributed by atoms with Crippen molar-refractivity contribution in [2.24, 2.45) is 10.7 Å². The second kappa shape index (κ2) is 7.82. The standard InChI is InChI=1S/C16H22N4O2S/c1-10(15-18-9-11(2)23-15)8-19-16(17)20-12-5-6-13(21-3)14(7-12)22-4/h5-7,9-10H,8H2,1-4H3,(H3,17,19,20). The van der Waals surface area contributed by atoms with E-state index < -0.39 is 0 Å². The number of nitrogens with zero attached hydrogens (tertiary/aromatic N) is 2. The summed E-state index contributed by atoms with van der Waals surface area (Å²) in [5.41, 5.74) is 6.74. The predicted octanol–water partition coefficient (Wildman–Crippen LogP) is 3.00. The number of thiazole rings is 1. The molecule has 2 rings (SSSR count). The average Bonchev–Trinajstić information content (AvgIpc) is 2.99. The van der Waals surface area contributed by atoms with Crippen molar-refractivity contribution in [2.75, 3.05) is 26.1 Å². The highest BCUT2D eigenvalue weighted by molar-refractivity contribution is 7.11. The zero-order valence-corrected chi connectivity index (χ0v) is 14.6. The molecule has 124 valence electrons. The van der Waals surface area contributed by atoms with E-state index in [1.807, 2.05) is 31.3 Å². The summed E-state index contributed by atoms with van der Waals surface area (Å²) in [6.07, 6.45) is 1.88. The van der Waals surface area contributed by atoms with Crippen LogP contribution in [-0.2, 0) is 0 Å². The summed E-state index contributed by atoms with van der Waals surface area (Å²) in [5.74, 6) is 1.90. The van der Waals surface area contributed by atoms with Gasteiger partial charge >= 0.3 is 0 Å². The van der Waals surface area contributed by atoms with Crippen LogP contribution in [0.3, 0.4) is 0 Å². The lowest BCUT2D eigenvalue weighted by molar-refractivity contribution is 0.355. The molecule has 0 aliphatic heterocycles. The highest BCUT2D eigenvalue weighted by atomic mass is 32.1. The molecule has 0 amide bonds. The number of guanidine groups is 1. The van der Waals surface area contributed by atoms with E-state index in [1.54, 1.807) is 25.6 Å². The van der Waals surface area contributed by atoms with Gasteiger partial charge in [-0.3, -0.25) is 4.99 Å². The van der Waals surface area contributed by atoms with Crippen molar-refractivity contribution in [2.45, 2.75) is 19.8 Å². The number of aryl methyl sites for hydroxylation is 1. The Bertz CT molecular complexity index is 684. The fraction of sp³-hybridized carbons (Fsp3) is 0.375. The zero-order chi connectivity index (χ0) is 16.8. The van der Waals surface area contributed by atoms with E-state index in [0.717, 1.165) is 10.7 Å². The summed E-state index contributed by atoms with van der Waals surface area (Å²) in [6.45, 7) is 4.72. The van der Waals surface area contributed by atoms with Crippen LogP contribution < -0.4 is 20.5 Å². The maximum absolute atomic E-state index is 5.95. The van der Waals surface area contributed by atoms with Crippen LogP contribution in [0, 0.1) is 6.92 Å². The van der Waals surface area contributed by atoms with Crippen LogP contribution in [0.5, 0.6) is 11.5 Å². The third kappa shape index (κ3) is 4.59. The molecule has 2 aromatic rings. The summed E-state index contributed by atoms with van der Waals surface area (Å²) in [7, 11) is 3.19. The minimum atomic E-state index is 0.236. The van der Waals surface area contributed by atoms with Crippen molar-refractivity contribution in [1.29, 1.82) is 0 Å². The normalized spacial score (nSPS) is 12.8. The summed E-state index contributed by atoms with van der Waals surface area (Å²) in [5, 5.41) is 4.13. The largest absolute Gasteiger partial charge is 0.493 e. The SMILES string of the molecule is COc1ccc(NC(N)=NCC(C)c2ncc(C)s2)cc1OC. The van der Waals surface area contributed by atoms with E-state index in [4.69, 9.17) is 15.2 Å². The topological polar surface area (TPSA) is 81.8 Å². The quantitative estimate of drug-likeness (QED) is 0.627. The monoisotopic (exact) mass is 334 g/mol. The number of aromatic nitrogens is 1. The van der Waals surface area contributed by atoms with Gasteiger partial charge in [-0.25, -0.2) is 4.98 Å². The van der Waals surface area contributed by atoms with Gasteiger partial charge in [0.05, 0.1) is 25.8 Å². The van der Waals surface area contributed by atoms with Crippen molar-refractivity contribution in [3.63, 3.8) is 0 Å². The van der Waals surface area contributed by atoms with E-state index in [-0.39, 0.29) is 5.92 Å². The number of hydrogen-bond donors (Lipinski definition) is 2. The van der Waals surface area contributed by atoms with Gasteiger partial charge in [-0.05, 0) is 19.1 Å². The molecular weight excluding hydrogens is 312 g/mol. The molecule has 0 radical (unpaired) electrons. The Hall–Kier alpha value is -2.28. The van der Waals surface area contributed by atoms with Crippen molar-refractivity contribution < 1.29 is 9.47 Å². The number of nitrogens with two attached hydrogens (primary N) is 1. The number of aliphatic imine (C=N–C) groups is 1. The van der Waals surface area contributed by atoms with Gasteiger partial charge in [0.2, 0.25) is 0 Å². The molecule has 1 unspecified atom stereocenters. The zero-order valence-electron chi connectivity index (χ0n) is 13.8. The fourth-order valence-corrected chi connectivity index (χ4v) is 2.83. The first-order valence-electron chi connectivity index (χ1n) is 7.24. The lowest BCUT2D eigenvalue weighted by atomic mass is 10.2. The number of hydrogen-bond acceptors (Lipinski definition) is 5. The van der Waals surface area contributed by atoms with Gasteiger partial charge in [-0.15, -0.1) is 11.3 Å². The van der Waals surface area contributed by atoms with Gasteiger partial charge in [0.15, 0.2) is 17.5 Å². The van der Waals surface area contributed by atoms with Crippen LogP contribution in [0.1, 0.15) is 22.7 Å². The minimum Gasteiger partial charge on any atom is -0.493 e. The molecule has 1 atom stereocenters. The molecule has 0 saturated carbocycles. The molecular formula is C16H22N4O2S. The molecule has 1 aromatic heterocycles. The Morgan fingerprint density at radius 1 is 1.35 bits per heavy atom. The fourth-order valence-electron chi connectivity index (χ4n) is 2.01. The predicted molar refractivity (Wildman–Crippen MR) is 94.9 cm³/mol. The first-order chi connectivity index (χ1) is 11.0. The molecule has 0 aliphatic rings. The summed E-state index contributed by atoms with van der Waals surface area (Å²) in [6, 6.07) is 5.49. The molecule has 0 spiro atoms. The van der Waals surface area contributed by atoms with Crippen molar-refractivity contribution in [1.82, 2.24) is 4.98 Å². The molecule has 1 heterocycles. The minimum absolute atomic E-state index is 0.236. The maximum Gasteiger partial charge on any atom is 0.193 e. The lowest BCUT2D eigenvalue weighted by Gasteiger charge is -2.11. The molecule has 0 bridgehead atoms. The smallest absolute Gasteiger partial charge is 0.193 e. The number of benzene rings is 1. The Labute approximate surface area is 140 Å². The Morgan fingerprint density at radius 3 is 2.70 bits per heavy atom. The van der Waals surface area contributed by atoms with E-state index in [2.05, 4.69) is 22.2 Å². The second-order valence-electron chi connectivity index (χ2n) is 5.13. The van der Waals surface area contributed by atoms with Crippen LogP contribution in [0.2, 0.25) is 0 Å². The summed E-state index contributed by atoms with van der Waals surface area (Å²) in [4.78, 5) is 9.96. The summed E-state index contributed by atoms with van der Waals surface area (Å²) >= 11 is 1.69. The maximum atomic E-state index is 5.95. The van der Waals surface area contributed by atoms with E-state index in [9.17, 15) is 0 Å². The number of anilines is 1. The average molecular weight is 334 g/mol. The van der Waals surface area contributed by atoms with Crippen LogP contribution in [-0.4, -0.2) is 31.7 Å². The number of methoxy groups -OCH3 is 2. The first-order valence-corrected chi connectivity index (χ1v) is 8.06. The molecule has 3 N–H and O–H groups in total. The molecule has 6 nitrogen and oxygen atoms in total. The van der Waals surface area contributed by atoms with E-state index in [1.165, 1.54) is 4.88 Å². The Morgan fingerprint density at radius 2 is 2.09 bits per heavy atom. The highest BCUT2D eigenvalue weighted by Gasteiger charge is 2.09. The third-order valence-electron chi connectivity index (χ3n) is 3.25. The Kier molecular flexibility index (Phi) is 5.81. The second-order valence-corrected chi connectivity index (χ2v) is 6.40. The molecule has 1 aromatic carbocycles. The lowest BCUT2D eigenvalue weighted by Crippen LogP contribution is -2.23. The third-order valence-corrected chi connectivity index (χ3v) is 4.40. The van der Waals surface area contributed by atoms with Crippen LogP contribution in [0.4, 0.5) is 5.69 Å². The molecule has 0 saturated heterocycles. The van der Waals surface area contributed by atoms with Gasteiger partial charge in [0.1, 0.15) is 0 Å². The summed E-state index contributed by atoms with van der Waals surface area (Å²) < 4.78 is 10.5. The van der Waals surface area contributed by atoms with Gasteiger partial charge < -0.3 is 20.5 Å². The Balaban J connectivity index is 1.99.